The van der Waals surface area contributed by atoms with Crippen LogP contribution in [0.15, 0.2) is 5.38 Å². The predicted molar refractivity (Wildman–Crippen MR) is 67.4 cm³/mol. The highest BCUT2D eigenvalue weighted by Crippen LogP contribution is 2.32. The molecule has 1 aromatic rings. The molecule has 1 aliphatic heterocycles. The van der Waals surface area contributed by atoms with Crippen molar-refractivity contribution in [2.45, 2.75) is 25.7 Å². The molecule has 2 heterocycles. The van der Waals surface area contributed by atoms with Gasteiger partial charge >= 0.3 is 0 Å². The molecule has 4 heteroatoms. The number of hydrogen-bond donors (Lipinski definition) is 1. The predicted octanol–water partition coefficient (Wildman–Crippen LogP) is 1.69. The maximum absolute atomic E-state index is 12.3. The molecule has 0 bridgehead atoms. The topological polar surface area (TPSA) is 40.5 Å². The summed E-state index contributed by atoms with van der Waals surface area (Å²) in [4.78, 5) is 15.5. The molecule has 3 nitrogen and oxygen atoms in total. The van der Waals surface area contributed by atoms with E-state index in [2.05, 4.69) is 0 Å². The minimum Gasteiger partial charge on any atom is -0.396 e. The van der Waals surface area contributed by atoms with Gasteiger partial charge in [0.25, 0.3) is 5.91 Å². The van der Waals surface area contributed by atoms with Gasteiger partial charge in [0.1, 0.15) is 0 Å². The fourth-order valence-electron chi connectivity index (χ4n) is 2.69. The number of amides is 1. The van der Waals surface area contributed by atoms with Crippen LogP contribution in [0.5, 0.6) is 0 Å². The van der Waals surface area contributed by atoms with Gasteiger partial charge in [0, 0.05) is 35.9 Å². The van der Waals surface area contributed by atoms with Crippen molar-refractivity contribution in [1.82, 2.24) is 4.90 Å². The van der Waals surface area contributed by atoms with Crippen LogP contribution < -0.4 is 0 Å². The Morgan fingerprint density at radius 2 is 2.18 bits per heavy atom. The van der Waals surface area contributed by atoms with E-state index < -0.39 is 0 Å². The highest BCUT2D eigenvalue weighted by atomic mass is 32.1. The third kappa shape index (κ3) is 1.89. The van der Waals surface area contributed by atoms with Crippen molar-refractivity contribution in [1.29, 1.82) is 0 Å². The molecule has 2 aliphatic rings. The summed E-state index contributed by atoms with van der Waals surface area (Å²) in [5, 5.41) is 11.0. The highest BCUT2D eigenvalue weighted by Gasteiger charge is 2.32. The zero-order chi connectivity index (χ0) is 11.8. The lowest BCUT2D eigenvalue weighted by molar-refractivity contribution is 0.0361. The largest absolute Gasteiger partial charge is 0.396 e. The van der Waals surface area contributed by atoms with E-state index in [4.69, 9.17) is 5.11 Å². The Morgan fingerprint density at radius 3 is 2.94 bits per heavy atom. The lowest BCUT2D eigenvalue weighted by Crippen LogP contribution is -2.51. The smallest absolute Gasteiger partial charge is 0.255 e. The first-order valence-electron chi connectivity index (χ1n) is 6.29. The molecule has 0 unspecified atom stereocenters. The van der Waals surface area contributed by atoms with Crippen LogP contribution in [0.25, 0.3) is 0 Å². The van der Waals surface area contributed by atoms with E-state index in [0.29, 0.717) is 5.92 Å². The van der Waals surface area contributed by atoms with Crippen molar-refractivity contribution in [3.8, 4) is 0 Å². The molecule has 0 saturated carbocycles. The van der Waals surface area contributed by atoms with Gasteiger partial charge in [0.05, 0.1) is 5.56 Å². The van der Waals surface area contributed by atoms with E-state index in [9.17, 15) is 4.79 Å². The molecule has 1 saturated heterocycles. The first kappa shape index (κ1) is 11.2. The molecular formula is C13H17NO2S. The number of fused-ring (bicyclic) bond motifs is 1. The summed E-state index contributed by atoms with van der Waals surface area (Å²) in [6.07, 6.45) is 4.68. The van der Waals surface area contributed by atoms with Gasteiger partial charge in [0.15, 0.2) is 0 Å². The second kappa shape index (κ2) is 4.42. The minimum atomic E-state index is 0.175. The van der Waals surface area contributed by atoms with E-state index in [0.717, 1.165) is 31.5 Å². The Labute approximate surface area is 105 Å². The molecule has 0 aromatic carbocycles. The van der Waals surface area contributed by atoms with E-state index in [1.54, 1.807) is 11.3 Å². The Bertz CT molecular complexity index is 435. The molecular weight excluding hydrogens is 234 g/mol. The lowest BCUT2D eigenvalue weighted by atomic mass is 9.94. The van der Waals surface area contributed by atoms with Crippen LogP contribution in [-0.2, 0) is 12.8 Å². The van der Waals surface area contributed by atoms with Crippen LogP contribution in [0.3, 0.4) is 0 Å². The molecule has 1 aliphatic carbocycles. The number of nitrogens with zero attached hydrogens (tertiary/aromatic N) is 1. The molecule has 92 valence electrons. The molecule has 1 N–H and O–H groups in total. The zero-order valence-electron chi connectivity index (χ0n) is 9.82. The molecule has 1 fully saturated rings. The van der Waals surface area contributed by atoms with Crippen molar-refractivity contribution < 1.29 is 9.90 Å². The SMILES string of the molecule is O=C(c1csc2c1CCCC2)N1CC(CO)C1. The Kier molecular flexibility index (Phi) is 2.92. The summed E-state index contributed by atoms with van der Waals surface area (Å²) < 4.78 is 0. The van der Waals surface area contributed by atoms with Crippen molar-refractivity contribution in [2.24, 2.45) is 5.92 Å². The summed E-state index contributed by atoms with van der Waals surface area (Å²) in [5.74, 6) is 0.475. The monoisotopic (exact) mass is 251 g/mol. The molecule has 3 rings (SSSR count). The lowest BCUT2D eigenvalue weighted by Gasteiger charge is -2.38. The van der Waals surface area contributed by atoms with Gasteiger partial charge in [-0.25, -0.2) is 0 Å². The quantitative estimate of drug-likeness (QED) is 0.869. The Morgan fingerprint density at radius 1 is 1.41 bits per heavy atom. The van der Waals surface area contributed by atoms with Gasteiger partial charge < -0.3 is 10.0 Å². The van der Waals surface area contributed by atoms with Gasteiger partial charge in [-0.05, 0) is 31.2 Å². The zero-order valence-corrected chi connectivity index (χ0v) is 10.6. The molecule has 1 aromatic heterocycles. The molecule has 0 atom stereocenters. The molecule has 0 radical (unpaired) electrons. The standard InChI is InChI=1S/C13H17NO2S/c15-7-9-5-14(6-9)13(16)11-8-17-12-4-2-1-3-10(11)12/h8-9,15H,1-7H2. The van der Waals surface area contributed by atoms with Crippen molar-refractivity contribution in [2.75, 3.05) is 19.7 Å². The van der Waals surface area contributed by atoms with E-state index in [1.807, 2.05) is 10.3 Å². The van der Waals surface area contributed by atoms with Gasteiger partial charge in [-0.1, -0.05) is 0 Å². The maximum Gasteiger partial charge on any atom is 0.255 e. The van der Waals surface area contributed by atoms with Crippen LogP contribution in [0.1, 0.15) is 33.6 Å². The fraction of sp³-hybridized carbons (Fsp3) is 0.615. The van der Waals surface area contributed by atoms with Crippen LogP contribution in [0.2, 0.25) is 0 Å². The average Bonchev–Trinajstić information content (AvgIpc) is 2.71. The van der Waals surface area contributed by atoms with Crippen LogP contribution in [0.4, 0.5) is 0 Å². The van der Waals surface area contributed by atoms with Crippen LogP contribution in [0, 0.1) is 5.92 Å². The number of thiophene rings is 1. The fourth-order valence-corrected chi connectivity index (χ4v) is 3.81. The third-order valence-corrected chi connectivity index (χ3v) is 4.88. The number of aliphatic hydroxyl groups excluding tert-OH is 1. The van der Waals surface area contributed by atoms with Gasteiger partial charge in [-0.3, -0.25) is 4.79 Å². The molecule has 0 spiro atoms. The number of rotatable bonds is 2. The second-order valence-electron chi connectivity index (χ2n) is 5.02. The van der Waals surface area contributed by atoms with Gasteiger partial charge in [-0.2, -0.15) is 0 Å². The summed E-state index contributed by atoms with van der Waals surface area (Å²) in [5.41, 5.74) is 2.24. The first-order valence-corrected chi connectivity index (χ1v) is 7.17. The first-order chi connectivity index (χ1) is 8.29. The highest BCUT2D eigenvalue weighted by molar-refractivity contribution is 7.10. The van der Waals surface area contributed by atoms with E-state index >= 15 is 0 Å². The maximum atomic E-state index is 12.3. The number of hydrogen-bond acceptors (Lipinski definition) is 3. The summed E-state index contributed by atoms with van der Waals surface area (Å²) in [6.45, 7) is 1.64. The number of likely N-dealkylation sites (tertiary alicyclic amines) is 1. The number of carbonyl (C=O) groups excluding carboxylic acids is 1. The van der Waals surface area contributed by atoms with Crippen LogP contribution >= 0.6 is 11.3 Å². The van der Waals surface area contributed by atoms with Crippen molar-refractivity contribution in [3.63, 3.8) is 0 Å². The normalized spacial score (nSPS) is 19.9. The summed E-state index contributed by atoms with van der Waals surface area (Å²) in [7, 11) is 0. The van der Waals surface area contributed by atoms with E-state index in [-0.39, 0.29) is 12.5 Å². The molecule has 17 heavy (non-hydrogen) atoms. The van der Waals surface area contributed by atoms with Gasteiger partial charge in [0.2, 0.25) is 0 Å². The Hall–Kier alpha value is -0.870. The number of aliphatic hydroxyl groups is 1. The average molecular weight is 251 g/mol. The summed E-state index contributed by atoms with van der Waals surface area (Å²) in [6, 6.07) is 0. The van der Waals surface area contributed by atoms with Gasteiger partial charge in [-0.15, -0.1) is 11.3 Å². The van der Waals surface area contributed by atoms with Crippen molar-refractivity contribution >= 4 is 17.2 Å². The number of carbonyl (C=O) groups is 1. The van der Waals surface area contributed by atoms with E-state index in [1.165, 1.54) is 23.3 Å². The van der Waals surface area contributed by atoms with Crippen molar-refractivity contribution in [3.05, 3.63) is 21.4 Å². The number of aryl methyl sites for hydroxylation is 1. The third-order valence-electron chi connectivity index (χ3n) is 3.79. The van der Waals surface area contributed by atoms with Crippen LogP contribution in [-0.4, -0.2) is 35.6 Å². The summed E-state index contributed by atoms with van der Waals surface area (Å²) >= 11 is 1.74. The minimum absolute atomic E-state index is 0.175. The second-order valence-corrected chi connectivity index (χ2v) is 5.98. The Balaban J connectivity index is 1.76. The molecule has 1 amide bonds.